The van der Waals surface area contributed by atoms with Crippen molar-refractivity contribution < 1.29 is 32.6 Å². The maximum atomic E-state index is 14.1. The minimum absolute atomic E-state index is 0.00983. The summed E-state index contributed by atoms with van der Waals surface area (Å²) in [5.74, 6) is -0.0318. The van der Waals surface area contributed by atoms with Crippen LogP contribution in [0, 0.1) is 13.8 Å². The van der Waals surface area contributed by atoms with E-state index in [1.54, 1.807) is 9.80 Å². The first-order valence-corrected chi connectivity index (χ1v) is 19.6. The maximum Gasteiger partial charge on any atom is 0.410 e. The second kappa shape index (κ2) is 15.2. The van der Waals surface area contributed by atoms with Gasteiger partial charge in [0.1, 0.15) is 5.75 Å². The Morgan fingerprint density at radius 1 is 0.880 bits per heavy atom. The number of aryl methyl sites for hydroxylation is 2. The average molecular weight is 711 g/mol. The number of para-hydroxylation sites is 1. The summed E-state index contributed by atoms with van der Waals surface area (Å²) in [5.41, 5.74) is 4.13. The summed E-state index contributed by atoms with van der Waals surface area (Å²) in [4.78, 5) is 48.4. The number of aromatic hydroxyl groups is 1. The van der Waals surface area contributed by atoms with Gasteiger partial charge >= 0.3 is 12.1 Å². The van der Waals surface area contributed by atoms with E-state index in [0.717, 1.165) is 36.1 Å². The number of phenols is 1. The van der Waals surface area contributed by atoms with Gasteiger partial charge in [0.05, 0.1) is 6.26 Å². The van der Waals surface area contributed by atoms with Crippen molar-refractivity contribution >= 4 is 33.7 Å². The quantitative estimate of drug-likeness (QED) is 0.447. The lowest BCUT2D eigenvalue weighted by atomic mass is 9.98. The molecule has 4 amide bonds. The lowest BCUT2D eigenvalue weighted by Crippen LogP contribution is -2.55. The number of carbonyl (C=O) groups excluding carboxylic acids is 3. The molecule has 13 nitrogen and oxygen atoms in total. The van der Waals surface area contributed by atoms with Crippen molar-refractivity contribution in [3.05, 3.63) is 58.7 Å². The molecule has 14 heteroatoms. The van der Waals surface area contributed by atoms with E-state index in [1.165, 1.54) is 10.6 Å². The van der Waals surface area contributed by atoms with Gasteiger partial charge in [-0.3, -0.25) is 9.69 Å². The van der Waals surface area contributed by atoms with Crippen LogP contribution in [0.3, 0.4) is 0 Å². The molecule has 0 bridgehead atoms. The van der Waals surface area contributed by atoms with Crippen molar-refractivity contribution in [2.75, 3.05) is 70.5 Å². The van der Waals surface area contributed by atoms with Gasteiger partial charge in [-0.1, -0.05) is 30.3 Å². The number of fused-ring (bicyclic) bond motifs is 1. The van der Waals surface area contributed by atoms with Crippen LogP contribution in [0.15, 0.2) is 36.4 Å². The molecule has 0 aromatic heterocycles. The minimum Gasteiger partial charge on any atom is -0.507 e. The fourth-order valence-electron chi connectivity index (χ4n) is 7.91. The van der Waals surface area contributed by atoms with Gasteiger partial charge in [0, 0.05) is 83.1 Å². The number of likely N-dealkylation sites (tertiary alicyclic amines) is 2. The number of benzene rings is 2. The molecule has 272 valence electrons. The Morgan fingerprint density at radius 2 is 1.48 bits per heavy atom. The Labute approximate surface area is 295 Å². The smallest absolute Gasteiger partial charge is 0.410 e. The number of nitrogens with one attached hydrogen (secondary N) is 1. The SMILES string of the molecule is Cc1cc(CC(OC(=O)N2CCC(N3CCc4ccccc4NC3=O)CC2)C(=O)N2CCC(N3CCN(S(C)(=O)=O)CC3)CC2)cc(C)c1O. The number of hydrogen-bond donors (Lipinski definition) is 2. The topological polar surface area (TPSA) is 143 Å². The van der Waals surface area contributed by atoms with E-state index in [4.69, 9.17) is 4.74 Å². The molecule has 0 radical (unpaired) electrons. The third kappa shape index (κ3) is 8.18. The van der Waals surface area contributed by atoms with E-state index in [2.05, 4.69) is 10.2 Å². The molecule has 0 aliphatic carbocycles. The Morgan fingerprint density at radius 3 is 2.12 bits per heavy atom. The highest BCUT2D eigenvalue weighted by Crippen LogP contribution is 2.28. The molecule has 1 atom stereocenters. The highest BCUT2D eigenvalue weighted by atomic mass is 32.2. The van der Waals surface area contributed by atoms with Gasteiger partial charge in [-0.15, -0.1) is 0 Å². The normalized spacial score (nSPS) is 20.9. The van der Waals surface area contributed by atoms with E-state index in [1.807, 2.05) is 55.1 Å². The molecule has 0 saturated carbocycles. The molecule has 3 fully saturated rings. The highest BCUT2D eigenvalue weighted by molar-refractivity contribution is 7.88. The van der Waals surface area contributed by atoms with Gasteiger partial charge in [0.15, 0.2) is 6.10 Å². The monoisotopic (exact) mass is 710 g/mol. The molecule has 1 unspecified atom stereocenters. The van der Waals surface area contributed by atoms with Crippen LogP contribution in [0.4, 0.5) is 15.3 Å². The zero-order chi connectivity index (χ0) is 35.6. The zero-order valence-corrected chi connectivity index (χ0v) is 30.2. The standard InChI is InChI=1S/C36H50N6O7S/c1-25-22-27(23-26(2)33(25)43)24-32(34(44)39-13-9-29(10-14-39)38-18-20-41(21-19-38)50(3,47)48)49-36(46)40-15-11-30(12-16-40)42-17-8-28-6-4-5-7-31(28)37-35(42)45/h4-7,22-23,29-30,32,43H,8-21,24H2,1-3H3,(H,37,45). The van der Waals surface area contributed by atoms with E-state index >= 15 is 0 Å². The second-order valence-electron chi connectivity index (χ2n) is 14.2. The van der Waals surface area contributed by atoms with Crippen LogP contribution in [-0.4, -0.2) is 139 Å². The van der Waals surface area contributed by atoms with Crippen molar-refractivity contribution in [2.45, 2.75) is 70.6 Å². The number of piperidine rings is 2. The van der Waals surface area contributed by atoms with Gasteiger partial charge in [0.2, 0.25) is 10.0 Å². The lowest BCUT2D eigenvalue weighted by Gasteiger charge is -2.42. The second-order valence-corrected chi connectivity index (χ2v) is 16.1. The summed E-state index contributed by atoms with van der Waals surface area (Å²) in [7, 11) is -3.21. The number of ether oxygens (including phenoxy) is 1. The van der Waals surface area contributed by atoms with Crippen LogP contribution < -0.4 is 5.32 Å². The number of phenolic OH excluding ortho intramolecular Hbond substituents is 1. The molecule has 0 spiro atoms. The molecular formula is C36H50N6O7S. The van der Waals surface area contributed by atoms with Crippen molar-refractivity contribution in [2.24, 2.45) is 0 Å². The highest BCUT2D eigenvalue weighted by Gasteiger charge is 2.37. The number of anilines is 1. The van der Waals surface area contributed by atoms with Crippen LogP contribution in [0.25, 0.3) is 0 Å². The van der Waals surface area contributed by atoms with Crippen LogP contribution in [0.5, 0.6) is 5.75 Å². The summed E-state index contributed by atoms with van der Waals surface area (Å²) in [6.45, 7) is 8.36. The van der Waals surface area contributed by atoms with E-state index in [0.29, 0.717) is 82.9 Å². The first kappa shape index (κ1) is 35.9. The number of piperazine rings is 1. The van der Waals surface area contributed by atoms with Crippen molar-refractivity contribution in [1.29, 1.82) is 0 Å². The Balaban J connectivity index is 1.07. The van der Waals surface area contributed by atoms with Gasteiger partial charge in [-0.25, -0.2) is 18.0 Å². The first-order chi connectivity index (χ1) is 23.9. The fraction of sp³-hybridized carbons (Fsp3) is 0.583. The third-order valence-corrected chi connectivity index (χ3v) is 12.1. The zero-order valence-electron chi connectivity index (χ0n) is 29.3. The molecule has 2 N–H and O–H groups in total. The Bertz CT molecular complexity index is 1660. The molecule has 3 saturated heterocycles. The number of amides is 4. The number of nitrogens with zero attached hydrogens (tertiary/aromatic N) is 5. The van der Waals surface area contributed by atoms with Crippen molar-refractivity contribution in [1.82, 2.24) is 23.9 Å². The first-order valence-electron chi connectivity index (χ1n) is 17.8. The summed E-state index contributed by atoms with van der Waals surface area (Å²) in [6.07, 6.45) is 3.35. The van der Waals surface area contributed by atoms with Gasteiger partial charge in [-0.2, -0.15) is 4.31 Å². The third-order valence-electron chi connectivity index (χ3n) is 10.8. The Kier molecular flexibility index (Phi) is 10.9. The summed E-state index contributed by atoms with van der Waals surface area (Å²) in [5, 5.41) is 13.4. The minimum atomic E-state index is -3.21. The van der Waals surface area contributed by atoms with Gasteiger partial charge in [0.25, 0.3) is 5.91 Å². The molecule has 4 aliphatic heterocycles. The number of sulfonamides is 1. The lowest BCUT2D eigenvalue weighted by molar-refractivity contribution is -0.142. The van der Waals surface area contributed by atoms with Crippen molar-refractivity contribution in [3.8, 4) is 5.75 Å². The summed E-state index contributed by atoms with van der Waals surface area (Å²) < 4.78 is 31.4. The number of hydrogen-bond acceptors (Lipinski definition) is 8. The van der Waals surface area contributed by atoms with Crippen molar-refractivity contribution in [3.63, 3.8) is 0 Å². The van der Waals surface area contributed by atoms with E-state index in [9.17, 15) is 27.9 Å². The molecule has 2 aromatic carbocycles. The Hall–Kier alpha value is -3.88. The number of rotatable bonds is 7. The fourth-order valence-corrected chi connectivity index (χ4v) is 8.73. The van der Waals surface area contributed by atoms with Crippen LogP contribution in [0.1, 0.15) is 47.9 Å². The van der Waals surface area contributed by atoms with Crippen LogP contribution in [-0.2, 0) is 32.4 Å². The predicted molar refractivity (Wildman–Crippen MR) is 190 cm³/mol. The molecule has 4 heterocycles. The van der Waals surface area contributed by atoms with E-state index in [-0.39, 0.29) is 36.2 Å². The maximum absolute atomic E-state index is 14.1. The molecule has 2 aromatic rings. The van der Waals surface area contributed by atoms with Crippen LogP contribution in [0.2, 0.25) is 0 Å². The van der Waals surface area contributed by atoms with Gasteiger partial charge in [-0.05, 0) is 74.3 Å². The molecule has 50 heavy (non-hydrogen) atoms. The van der Waals surface area contributed by atoms with Crippen LogP contribution >= 0.6 is 0 Å². The summed E-state index contributed by atoms with van der Waals surface area (Å²) in [6, 6.07) is 11.6. The predicted octanol–water partition coefficient (Wildman–Crippen LogP) is 3.18. The van der Waals surface area contributed by atoms with E-state index < -0.39 is 22.2 Å². The molecule has 4 aliphatic rings. The number of urea groups is 1. The molecule has 6 rings (SSSR count). The van der Waals surface area contributed by atoms with Gasteiger partial charge < -0.3 is 29.9 Å². The summed E-state index contributed by atoms with van der Waals surface area (Å²) >= 11 is 0. The largest absolute Gasteiger partial charge is 0.507 e. The molecular weight excluding hydrogens is 660 g/mol. The number of carbonyl (C=O) groups is 3. The average Bonchev–Trinajstić information content (AvgIpc) is 3.27.